The predicted octanol–water partition coefficient (Wildman–Crippen LogP) is 1.31. The zero-order chi connectivity index (χ0) is 14.8. The van der Waals surface area contributed by atoms with Gasteiger partial charge in [-0.05, 0) is 32.9 Å². The van der Waals surface area contributed by atoms with E-state index in [2.05, 4.69) is 10.6 Å². The quantitative estimate of drug-likeness (QED) is 0.759. The lowest BCUT2D eigenvalue weighted by atomic mass is 10.1. The van der Waals surface area contributed by atoms with E-state index in [4.69, 9.17) is 9.47 Å². The van der Waals surface area contributed by atoms with E-state index < -0.39 is 17.4 Å². The van der Waals surface area contributed by atoms with Gasteiger partial charge in [-0.25, -0.2) is 0 Å². The molecule has 0 aromatic heterocycles. The van der Waals surface area contributed by atoms with Crippen LogP contribution in [0.5, 0.6) is 11.5 Å². The number of hydrogen-bond acceptors (Lipinski definition) is 4. The number of hydrogen-bond donors (Lipinski definition) is 2. The summed E-state index contributed by atoms with van der Waals surface area (Å²) >= 11 is 0. The second-order valence-electron chi connectivity index (χ2n) is 5.52. The van der Waals surface area contributed by atoms with Crippen molar-refractivity contribution in [3.63, 3.8) is 0 Å². The lowest BCUT2D eigenvalue weighted by Crippen LogP contribution is -2.46. The van der Waals surface area contributed by atoms with Crippen LogP contribution < -0.4 is 20.1 Å². The molecule has 0 saturated heterocycles. The van der Waals surface area contributed by atoms with Gasteiger partial charge in [-0.3, -0.25) is 9.59 Å². The summed E-state index contributed by atoms with van der Waals surface area (Å²) in [4.78, 5) is 23.4. The van der Waals surface area contributed by atoms with Crippen molar-refractivity contribution in [3.05, 3.63) is 18.2 Å². The zero-order valence-corrected chi connectivity index (χ0v) is 11.8. The van der Waals surface area contributed by atoms with Gasteiger partial charge in [-0.15, -0.1) is 0 Å². The summed E-state index contributed by atoms with van der Waals surface area (Å²) in [5.41, 5.74) is 0.0321. The average molecular weight is 278 g/mol. The maximum absolute atomic E-state index is 11.8. The highest BCUT2D eigenvalue weighted by atomic mass is 16.6. The number of nitrogens with one attached hydrogen (secondary N) is 2. The first-order valence-electron chi connectivity index (χ1n) is 6.38. The Bertz CT molecular complexity index is 534. The van der Waals surface area contributed by atoms with Crippen molar-refractivity contribution in [2.24, 2.45) is 0 Å². The Balaban J connectivity index is 2.03. The Morgan fingerprint density at radius 3 is 2.35 bits per heavy atom. The molecule has 0 bridgehead atoms. The van der Waals surface area contributed by atoms with E-state index in [1.165, 1.54) is 0 Å². The minimum absolute atomic E-state index is 0.457. The molecule has 6 heteroatoms. The molecule has 2 amide bonds. The highest BCUT2D eigenvalue weighted by Gasteiger charge is 2.21. The SMILES string of the molecule is CC(C)(C)NC(=O)C(=O)Nc1ccc2c(c1)OCCO2. The Kier molecular flexibility index (Phi) is 3.83. The molecule has 6 nitrogen and oxygen atoms in total. The molecule has 0 aliphatic carbocycles. The summed E-state index contributed by atoms with van der Waals surface area (Å²) in [6, 6.07) is 5.00. The van der Waals surface area contributed by atoms with Crippen LogP contribution in [0.25, 0.3) is 0 Å². The summed E-state index contributed by atoms with van der Waals surface area (Å²) in [6.45, 7) is 6.40. The van der Waals surface area contributed by atoms with Crippen LogP contribution in [0, 0.1) is 0 Å². The molecule has 2 rings (SSSR count). The van der Waals surface area contributed by atoms with E-state index in [-0.39, 0.29) is 0 Å². The molecule has 1 heterocycles. The fourth-order valence-corrected chi connectivity index (χ4v) is 1.71. The van der Waals surface area contributed by atoms with Gasteiger partial charge in [-0.1, -0.05) is 0 Å². The summed E-state index contributed by atoms with van der Waals surface area (Å²) in [6.07, 6.45) is 0. The fourth-order valence-electron chi connectivity index (χ4n) is 1.71. The Morgan fingerprint density at radius 2 is 1.70 bits per heavy atom. The van der Waals surface area contributed by atoms with Crippen LogP contribution in [0.3, 0.4) is 0 Å². The number of carbonyl (C=O) groups is 2. The minimum atomic E-state index is -0.711. The Morgan fingerprint density at radius 1 is 1.05 bits per heavy atom. The van der Waals surface area contributed by atoms with Crippen molar-refractivity contribution in [2.45, 2.75) is 26.3 Å². The van der Waals surface area contributed by atoms with Gasteiger partial charge >= 0.3 is 11.8 Å². The average Bonchev–Trinajstić information content (AvgIpc) is 2.36. The molecule has 0 fully saturated rings. The monoisotopic (exact) mass is 278 g/mol. The smallest absolute Gasteiger partial charge is 0.313 e. The van der Waals surface area contributed by atoms with Crippen molar-refractivity contribution in [1.82, 2.24) is 5.32 Å². The lowest BCUT2D eigenvalue weighted by Gasteiger charge is -2.20. The predicted molar refractivity (Wildman–Crippen MR) is 74.0 cm³/mol. The number of rotatable bonds is 1. The number of ether oxygens (including phenoxy) is 2. The molecular weight excluding hydrogens is 260 g/mol. The first kappa shape index (κ1) is 14.2. The molecule has 108 valence electrons. The molecule has 1 aliphatic heterocycles. The number of anilines is 1. The van der Waals surface area contributed by atoms with Crippen LogP contribution in [0.2, 0.25) is 0 Å². The van der Waals surface area contributed by atoms with Gasteiger partial charge in [0.1, 0.15) is 13.2 Å². The second kappa shape index (κ2) is 5.40. The summed E-state index contributed by atoms with van der Waals surface area (Å²) in [7, 11) is 0. The minimum Gasteiger partial charge on any atom is -0.486 e. The van der Waals surface area contributed by atoms with Gasteiger partial charge in [-0.2, -0.15) is 0 Å². The van der Waals surface area contributed by atoms with Gasteiger partial charge in [0.05, 0.1) is 0 Å². The van der Waals surface area contributed by atoms with E-state index in [9.17, 15) is 9.59 Å². The molecule has 1 aromatic carbocycles. The van der Waals surface area contributed by atoms with Crippen LogP contribution >= 0.6 is 0 Å². The molecule has 0 unspecified atom stereocenters. The van der Waals surface area contributed by atoms with Crippen molar-refractivity contribution in [2.75, 3.05) is 18.5 Å². The van der Waals surface area contributed by atoms with Crippen LogP contribution in [-0.2, 0) is 9.59 Å². The van der Waals surface area contributed by atoms with Crippen molar-refractivity contribution >= 4 is 17.5 Å². The van der Waals surface area contributed by atoms with Gasteiger partial charge in [0.25, 0.3) is 0 Å². The highest BCUT2D eigenvalue weighted by molar-refractivity contribution is 6.39. The van der Waals surface area contributed by atoms with Gasteiger partial charge in [0, 0.05) is 17.3 Å². The van der Waals surface area contributed by atoms with Crippen LogP contribution in [0.1, 0.15) is 20.8 Å². The van der Waals surface area contributed by atoms with Crippen molar-refractivity contribution < 1.29 is 19.1 Å². The van der Waals surface area contributed by atoms with E-state index >= 15 is 0 Å². The number of amides is 2. The molecule has 0 atom stereocenters. The number of benzene rings is 1. The van der Waals surface area contributed by atoms with E-state index in [1.807, 2.05) is 20.8 Å². The Hall–Kier alpha value is -2.24. The fraction of sp³-hybridized carbons (Fsp3) is 0.429. The summed E-state index contributed by atoms with van der Waals surface area (Å²) in [5.74, 6) is -0.192. The van der Waals surface area contributed by atoms with Crippen molar-refractivity contribution in [3.8, 4) is 11.5 Å². The topological polar surface area (TPSA) is 76.7 Å². The van der Waals surface area contributed by atoms with Crippen LogP contribution in [0.4, 0.5) is 5.69 Å². The summed E-state index contributed by atoms with van der Waals surface area (Å²) < 4.78 is 10.8. The molecule has 1 aromatic rings. The largest absolute Gasteiger partial charge is 0.486 e. The third-order valence-electron chi connectivity index (χ3n) is 2.49. The van der Waals surface area contributed by atoms with Gasteiger partial charge in [0.15, 0.2) is 11.5 Å². The first-order chi connectivity index (χ1) is 9.35. The first-order valence-corrected chi connectivity index (χ1v) is 6.38. The number of fused-ring (bicyclic) bond motifs is 1. The molecule has 2 N–H and O–H groups in total. The van der Waals surface area contributed by atoms with E-state index in [0.29, 0.717) is 30.4 Å². The zero-order valence-electron chi connectivity index (χ0n) is 11.8. The molecule has 0 saturated carbocycles. The van der Waals surface area contributed by atoms with E-state index in [1.54, 1.807) is 18.2 Å². The second-order valence-corrected chi connectivity index (χ2v) is 5.52. The normalized spacial score (nSPS) is 13.6. The third kappa shape index (κ3) is 3.63. The molecule has 20 heavy (non-hydrogen) atoms. The maximum Gasteiger partial charge on any atom is 0.313 e. The Labute approximate surface area is 117 Å². The van der Waals surface area contributed by atoms with Crippen LogP contribution in [-0.4, -0.2) is 30.6 Å². The molecule has 1 aliphatic rings. The lowest BCUT2D eigenvalue weighted by molar-refractivity contribution is -0.137. The van der Waals surface area contributed by atoms with Crippen molar-refractivity contribution in [1.29, 1.82) is 0 Å². The van der Waals surface area contributed by atoms with Gasteiger partial charge < -0.3 is 20.1 Å². The van der Waals surface area contributed by atoms with Gasteiger partial charge in [0.2, 0.25) is 0 Å². The van der Waals surface area contributed by atoms with E-state index in [0.717, 1.165) is 0 Å². The standard InChI is InChI=1S/C14H18N2O4/c1-14(2,3)16-13(18)12(17)15-9-4-5-10-11(8-9)20-7-6-19-10/h4-5,8H,6-7H2,1-3H3,(H,15,17)(H,16,18). The van der Waals surface area contributed by atoms with Crippen LogP contribution in [0.15, 0.2) is 18.2 Å². The highest BCUT2D eigenvalue weighted by Crippen LogP contribution is 2.32. The molecular formula is C14H18N2O4. The molecule has 0 spiro atoms. The molecule has 0 radical (unpaired) electrons. The third-order valence-corrected chi connectivity index (χ3v) is 2.49. The maximum atomic E-state index is 11.8. The number of carbonyl (C=O) groups excluding carboxylic acids is 2. The summed E-state index contributed by atoms with van der Waals surface area (Å²) in [5, 5.41) is 5.12.